The van der Waals surface area contributed by atoms with Crippen LogP contribution in [0, 0.1) is 6.92 Å². The molecule has 0 spiro atoms. The van der Waals surface area contributed by atoms with Gasteiger partial charge in [0, 0.05) is 15.7 Å². The van der Waals surface area contributed by atoms with E-state index in [-0.39, 0.29) is 0 Å². The molecule has 0 atom stereocenters. The summed E-state index contributed by atoms with van der Waals surface area (Å²) in [5.41, 5.74) is 1.03. The van der Waals surface area contributed by atoms with Crippen LogP contribution in [0.25, 0.3) is 11.3 Å². The van der Waals surface area contributed by atoms with E-state index in [1.54, 1.807) is 19.1 Å². The number of hydrogen-bond donors (Lipinski definition) is 1. The van der Waals surface area contributed by atoms with Crippen molar-refractivity contribution in [2.24, 2.45) is 0 Å². The molecular formula is C11H8BrF3N2. The summed E-state index contributed by atoms with van der Waals surface area (Å²) in [6, 6.07) is 5.43. The van der Waals surface area contributed by atoms with Gasteiger partial charge in [0.05, 0.1) is 11.3 Å². The van der Waals surface area contributed by atoms with Crippen molar-refractivity contribution >= 4 is 15.9 Å². The van der Waals surface area contributed by atoms with Crippen molar-refractivity contribution in [2.45, 2.75) is 13.1 Å². The maximum absolute atomic E-state index is 12.6. The summed E-state index contributed by atoms with van der Waals surface area (Å²) in [7, 11) is 0. The van der Waals surface area contributed by atoms with Crippen LogP contribution in [0.2, 0.25) is 0 Å². The minimum atomic E-state index is -4.36. The van der Waals surface area contributed by atoms with Crippen LogP contribution in [0.3, 0.4) is 0 Å². The molecule has 0 amide bonds. The smallest absolute Gasteiger partial charge is 0.282 e. The van der Waals surface area contributed by atoms with Gasteiger partial charge in [-0.05, 0) is 31.2 Å². The fourth-order valence-corrected chi connectivity index (χ4v) is 1.96. The SMILES string of the molecule is Cc1cc(-c2cc(Br)cc(C(F)(F)F)c2)n[nH]1. The molecule has 0 bridgehead atoms. The standard InChI is InChI=1S/C11H8BrF3N2/c1-6-2-10(17-16-6)7-3-8(11(13,14)15)5-9(12)4-7/h2-5H,1H3,(H,16,17). The third-order valence-corrected chi connectivity index (χ3v) is 2.68. The van der Waals surface area contributed by atoms with Gasteiger partial charge >= 0.3 is 6.18 Å². The number of H-pyrrole nitrogens is 1. The van der Waals surface area contributed by atoms with Crippen molar-refractivity contribution in [3.8, 4) is 11.3 Å². The van der Waals surface area contributed by atoms with E-state index in [0.29, 0.717) is 15.7 Å². The quantitative estimate of drug-likeness (QED) is 0.842. The van der Waals surface area contributed by atoms with Gasteiger partial charge in [-0.1, -0.05) is 15.9 Å². The molecule has 0 fully saturated rings. The fraction of sp³-hybridized carbons (Fsp3) is 0.182. The molecule has 0 aliphatic heterocycles. The van der Waals surface area contributed by atoms with Crippen molar-refractivity contribution in [1.29, 1.82) is 0 Å². The van der Waals surface area contributed by atoms with Gasteiger partial charge in [0.1, 0.15) is 0 Å². The molecule has 6 heteroatoms. The summed E-state index contributed by atoms with van der Waals surface area (Å²) >= 11 is 3.07. The Morgan fingerprint density at radius 1 is 1.18 bits per heavy atom. The van der Waals surface area contributed by atoms with Crippen LogP contribution in [0.15, 0.2) is 28.7 Å². The molecule has 0 saturated carbocycles. The first-order chi connectivity index (χ1) is 7.86. The van der Waals surface area contributed by atoms with Gasteiger partial charge in [0.15, 0.2) is 0 Å². The van der Waals surface area contributed by atoms with E-state index < -0.39 is 11.7 Å². The first-order valence-corrected chi connectivity index (χ1v) is 5.56. The minimum Gasteiger partial charge on any atom is -0.282 e. The Morgan fingerprint density at radius 2 is 1.88 bits per heavy atom. The number of halogens is 4. The van der Waals surface area contributed by atoms with Crippen molar-refractivity contribution in [3.63, 3.8) is 0 Å². The normalized spacial score (nSPS) is 11.8. The molecule has 1 N–H and O–H groups in total. The summed E-state index contributed by atoms with van der Waals surface area (Å²) in [6.45, 7) is 1.79. The highest BCUT2D eigenvalue weighted by molar-refractivity contribution is 9.10. The molecule has 90 valence electrons. The molecule has 0 radical (unpaired) electrons. The lowest BCUT2D eigenvalue weighted by Gasteiger charge is -2.08. The Morgan fingerprint density at radius 3 is 2.41 bits per heavy atom. The van der Waals surface area contributed by atoms with Crippen LogP contribution in [0.5, 0.6) is 0 Å². The van der Waals surface area contributed by atoms with E-state index in [1.807, 2.05) is 0 Å². The molecule has 0 aliphatic rings. The van der Waals surface area contributed by atoms with Crippen LogP contribution in [-0.4, -0.2) is 10.2 Å². The van der Waals surface area contributed by atoms with E-state index in [1.165, 1.54) is 0 Å². The Hall–Kier alpha value is -1.30. The van der Waals surface area contributed by atoms with Crippen molar-refractivity contribution in [3.05, 3.63) is 40.0 Å². The highest BCUT2D eigenvalue weighted by Gasteiger charge is 2.31. The number of alkyl halides is 3. The van der Waals surface area contributed by atoms with Gasteiger partial charge in [0.25, 0.3) is 0 Å². The van der Waals surface area contributed by atoms with Crippen LogP contribution >= 0.6 is 15.9 Å². The third-order valence-electron chi connectivity index (χ3n) is 2.23. The van der Waals surface area contributed by atoms with Crippen molar-refractivity contribution in [1.82, 2.24) is 10.2 Å². The van der Waals surface area contributed by atoms with Crippen LogP contribution in [0.4, 0.5) is 13.2 Å². The van der Waals surface area contributed by atoms with Gasteiger partial charge in [0.2, 0.25) is 0 Å². The van der Waals surface area contributed by atoms with E-state index in [0.717, 1.165) is 17.8 Å². The number of aromatic nitrogens is 2. The zero-order valence-electron chi connectivity index (χ0n) is 8.77. The largest absolute Gasteiger partial charge is 0.416 e. The summed E-state index contributed by atoms with van der Waals surface area (Å²) < 4.78 is 38.2. The lowest BCUT2D eigenvalue weighted by Crippen LogP contribution is -2.04. The number of aryl methyl sites for hydroxylation is 1. The van der Waals surface area contributed by atoms with E-state index in [2.05, 4.69) is 26.1 Å². The molecule has 1 heterocycles. The molecule has 0 saturated heterocycles. The minimum absolute atomic E-state index is 0.378. The Labute approximate surface area is 104 Å². The monoisotopic (exact) mass is 304 g/mol. The molecule has 2 aromatic rings. The first kappa shape index (κ1) is 12.2. The Kier molecular flexibility index (Phi) is 2.99. The first-order valence-electron chi connectivity index (χ1n) is 4.76. The van der Waals surface area contributed by atoms with Gasteiger partial charge in [-0.3, -0.25) is 5.10 Å². The molecule has 1 aromatic carbocycles. The van der Waals surface area contributed by atoms with Crippen LogP contribution in [-0.2, 0) is 6.18 Å². The average molecular weight is 305 g/mol. The highest BCUT2D eigenvalue weighted by Crippen LogP contribution is 2.34. The van der Waals surface area contributed by atoms with Gasteiger partial charge in [-0.15, -0.1) is 0 Å². The molecule has 2 rings (SSSR count). The number of hydrogen-bond acceptors (Lipinski definition) is 1. The topological polar surface area (TPSA) is 28.7 Å². The number of nitrogens with zero attached hydrogens (tertiary/aromatic N) is 1. The fourth-order valence-electron chi connectivity index (χ4n) is 1.47. The van der Waals surface area contributed by atoms with E-state index in [4.69, 9.17) is 0 Å². The second kappa shape index (κ2) is 4.18. The summed E-state index contributed by atoms with van der Waals surface area (Å²) in [4.78, 5) is 0. The second-order valence-corrected chi connectivity index (χ2v) is 4.58. The lowest BCUT2D eigenvalue weighted by molar-refractivity contribution is -0.137. The average Bonchev–Trinajstić information content (AvgIpc) is 2.62. The molecule has 17 heavy (non-hydrogen) atoms. The van der Waals surface area contributed by atoms with Crippen molar-refractivity contribution in [2.75, 3.05) is 0 Å². The molecule has 0 unspecified atom stereocenters. The molecular weight excluding hydrogens is 297 g/mol. The number of nitrogens with one attached hydrogen (secondary N) is 1. The Balaban J connectivity index is 2.52. The zero-order chi connectivity index (χ0) is 12.6. The molecule has 0 aliphatic carbocycles. The van der Waals surface area contributed by atoms with Crippen LogP contribution in [0.1, 0.15) is 11.3 Å². The van der Waals surface area contributed by atoms with Crippen LogP contribution < -0.4 is 0 Å². The number of rotatable bonds is 1. The zero-order valence-corrected chi connectivity index (χ0v) is 10.4. The third kappa shape index (κ3) is 2.69. The predicted molar refractivity (Wildman–Crippen MR) is 61.5 cm³/mol. The van der Waals surface area contributed by atoms with Gasteiger partial charge in [-0.2, -0.15) is 18.3 Å². The van der Waals surface area contributed by atoms with E-state index in [9.17, 15) is 13.2 Å². The molecule has 2 nitrogen and oxygen atoms in total. The highest BCUT2D eigenvalue weighted by atomic mass is 79.9. The van der Waals surface area contributed by atoms with Gasteiger partial charge in [-0.25, -0.2) is 0 Å². The maximum Gasteiger partial charge on any atom is 0.416 e. The number of benzene rings is 1. The number of aromatic amines is 1. The second-order valence-electron chi connectivity index (χ2n) is 3.66. The predicted octanol–water partition coefficient (Wildman–Crippen LogP) is 4.17. The summed E-state index contributed by atoms with van der Waals surface area (Å²) in [5.74, 6) is 0. The lowest BCUT2D eigenvalue weighted by atomic mass is 10.1. The summed E-state index contributed by atoms with van der Waals surface area (Å²) in [5, 5.41) is 6.64. The molecule has 1 aromatic heterocycles. The van der Waals surface area contributed by atoms with Gasteiger partial charge < -0.3 is 0 Å². The summed E-state index contributed by atoms with van der Waals surface area (Å²) in [6.07, 6.45) is -4.36. The maximum atomic E-state index is 12.6. The van der Waals surface area contributed by atoms with Crippen molar-refractivity contribution < 1.29 is 13.2 Å². The Bertz CT molecular complexity index is 546. The van der Waals surface area contributed by atoms with E-state index >= 15 is 0 Å².